The van der Waals surface area contributed by atoms with Gasteiger partial charge < -0.3 is 0 Å². The summed E-state index contributed by atoms with van der Waals surface area (Å²) in [5.74, 6) is 2.89. The van der Waals surface area contributed by atoms with E-state index in [-0.39, 0.29) is 0 Å². The van der Waals surface area contributed by atoms with Gasteiger partial charge in [0.05, 0.1) is 22.4 Å². The van der Waals surface area contributed by atoms with Crippen molar-refractivity contribution in [2.75, 3.05) is 0 Å². The highest BCUT2D eigenvalue weighted by Crippen LogP contribution is 2.60. The molecule has 4 aliphatic rings. The summed E-state index contributed by atoms with van der Waals surface area (Å²) in [6, 6.07) is 8.39. The van der Waals surface area contributed by atoms with Crippen LogP contribution in [0.1, 0.15) is 56.8 Å². The molecule has 2 nitrogen and oxygen atoms in total. The molecule has 2 aromatic rings. The molecule has 1 heterocycles. The number of para-hydroxylation sites is 2. The van der Waals surface area contributed by atoms with Crippen LogP contribution < -0.4 is 0 Å². The summed E-state index contributed by atoms with van der Waals surface area (Å²) in [6.07, 6.45) is 9.59. The quantitative estimate of drug-likeness (QED) is 0.804. The molecule has 6 rings (SSSR count). The van der Waals surface area contributed by atoms with Crippen molar-refractivity contribution in [3.8, 4) is 0 Å². The number of rotatable bonds is 2. The Labute approximate surface area is 132 Å². The van der Waals surface area contributed by atoms with Crippen molar-refractivity contribution in [1.29, 1.82) is 0 Å². The smallest absolute Gasteiger partial charge is 0.0890 e. The van der Waals surface area contributed by atoms with Gasteiger partial charge in [0, 0.05) is 5.41 Å². The van der Waals surface area contributed by atoms with Crippen molar-refractivity contribution in [2.45, 2.75) is 57.3 Å². The molecule has 1 aromatic heterocycles. The lowest BCUT2D eigenvalue weighted by Crippen LogP contribution is -2.49. The molecule has 4 saturated carbocycles. The molecule has 4 aliphatic carbocycles. The van der Waals surface area contributed by atoms with E-state index in [9.17, 15) is 0 Å². The highest BCUT2D eigenvalue weighted by atomic mass is 14.9. The standard InChI is InChI=1S/C20H24N2/c1-2-16-19(22-18-6-4-3-5-17(18)21-16)20-10-13-7-14(11-20)9-15(8-13)12-20/h3-6,13-15H,2,7-12H2,1H3. The van der Waals surface area contributed by atoms with Crippen molar-refractivity contribution >= 4 is 11.0 Å². The van der Waals surface area contributed by atoms with E-state index in [4.69, 9.17) is 9.97 Å². The second-order valence-electron chi connectivity index (χ2n) is 8.06. The summed E-state index contributed by atoms with van der Waals surface area (Å²) in [5, 5.41) is 0. The summed E-state index contributed by atoms with van der Waals surface area (Å²) < 4.78 is 0. The van der Waals surface area contributed by atoms with Gasteiger partial charge in [0.2, 0.25) is 0 Å². The number of fused-ring (bicyclic) bond motifs is 1. The molecular formula is C20H24N2. The van der Waals surface area contributed by atoms with Gasteiger partial charge in [0.15, 0.2) is 0 Å². The van der Waals surface area contributed by atoms with E-state index < -0.39 is 0 Å². The number of hydrogen-bond acceptors (Lipinski definition) is 2. The minimum Gasteiger partial charge on any atom is -0.249 e. The fourth-order valence-corrected chi connectivity index (χ4v) is 6.11. The maximum Gasteiger partial charge on any atom is 0.0890 e. The Balaban J connectivity index is 1.69. The van der Waals surface area contributed by atoms with Crippen LogP contribution in [0, 0.1) is 17.8 Å². The molecule has 0 saturated heterocycles. The fourth-order valence-electron chi connectivity index (χ4n) is 6.11. The molecular weight excluding hydrogens is 268 g/mol. The monoisotopic (exact) mass is 292 g/mol. The molecule has 0 aliphatic heterocycles. The maximum atomic E-state index is 5.17. The lowest BCUT2D eigenvalue weighted by atomic mass is 9.48. The van der Waals surface area contributed by atoms with Crippen LogP contribution in [-0.2, 0) is 11.8 Å². The largest absolute Gasteiger partial charge is 0.249 e. The second-order valence-corrected chi connectivity index (χ2v) is 8.06. The van der Waals surface area contributed by atoms with Gasteiger partial charge in [0.25, 0.3) is 0 Å². The summed E-state index contributed by atoms with van der Waals surface area (Å²) in [7, 11) is 0. The molecule has 1 aromatic carbocycles. The molecule has 0 atom stereocenters. The summed E-state index contributed by atoms with van der Waals surface area (Å²) in [5.41, 5.74) is 5.14. The van der Waals surface area contributed by atoms with Gasteiger partial charge in [-0.2, -0.15) is 0 Å². The van der Waals surface area contributed by atoms with Crippen LogP contribution in [0.5, 0.6) is 0 Å². The van der Waals surface area contributed by atoms with Gasteiger partial charge >= 0.3 is 0 Å². The van der Waals surface area contributed by atoms with E-state index in [1.165, 1.54) is 49.9 Å². The molecule has 0 N–H and O–H groups in total. The third kappa shape index (κ3) is 1.79. The number of aromatic nitrogens is 2. The third-order valence-corrected chi connectivity index (χ3v) is 6.52. The topological polar surface area (TPSA) is 25.8 Å². The van der Waals surface area contributed by atoms with Gasteiger partial charge in [-0.1, -0.05) is 19.1 Å². The number of hydrogen-bond donors (Lipinski definition) is 0. The van der Waals surface area contributed by atoms with Crippen LogP contribution in [0.2, 0.25) is 0 Å². The molecule has 0 radical (unpaired) electrons. The molecule has 4 bridgehead atoms. The molecule has 4 fully saturated rings. The average molecular weight is 292 g/mol. The normalized spacial score (nSPS) is 36.1. The molecule has 0 spiro atoms. The Morgan fingerprint density at radius 1 is 0.909 bits per heavy atom. The highest BCUT2D eigenvalue weighted by molar-refractivity contribution is 5.74. The molecule has 114 valence electrons. The predicted octanol–water partition coefficient (Wildman–Crippen LogP) is 4.66. The van der Waals surface area contributed by atoms with Crippen molar-refractivity contribution < 1.29 is 0 Å². The molecule has 0 unspecified atom stereocenters. The van der Waals surface area contributed by atoms with E-state index in [2.05, 4.69) is 31.2 Å². The zero-order valence-corrected chi connectivity index (χ0v) is 13.4. The summed E-state index contributed by atoms with van der Waals surface area (Å²) in [4.78, 5) is 10.2. The van der Waals surface area contributed by atoms with Crippen LogP contribution in [0.15, 0.2) is 24.3 Å². The first kappa shape index (κ1) is 13.0. The average Bonchev–Trinajstić information content (AvgIpc) is 2.52. The first-order chi connectivity index (χ1) is 10.8. The van der Waals surface area contributed by atoms with E-state index in [1.807, 2.05) is 0 Å². The van der Waals surface area contributed by atoms with Crippen LogP contribution in [0.3, 0.4) is 0 Å². The van der Waals surface area contributed by atoms with Crippen molar-refractivity contribution in [3.05, 3.63) is 35.7 Å². The van der Waals surface area contributed by atoms with Crippen LogP contribution in [0.25, 0.3) is 11.0 Å². The number of nitrogens with zero attached hydrogens (tertiary/aromatic N) is 2. The van der Waals surface area contributed by atoms with Crippen molar-refractivity contribution in [3.63, 3.8) is 0 Å². The zero-order valence-electron chi connectivity index (χ0n) is 13.4. The van der Waals surface area contributed by atoms with Gasteiger partial charge in [-0.05, 0) is 74.8 Å². The Bertz CT molecular complexity index is 698. The predicted molar refractivity (Wildman–Crippen MR) is 88.8 cm³/mol. The Hall–Kier alpha value is -1.44. The van der Waals surface area contributed by atoms with Gasteiger partial charge in [0.1, 0.15) is 0 Å². The Morgan fingerprint density at radius 3 is 2.00 bits per heavy atom. The van der Waals surface area contributed by atoms with Gasteiger partial charge in [-0.15, -0.1) is 0 Å². The van der Waals surface area contributed by atoms with Crippen LogP contribution in [0.4, 0.5) is 0 Å². The van der Waals surface area contributed by atoms with Crippen molar-refractivity contribution in [1.82, 2.24) is 9.97 Å². The lowest BCUT2D eigenvalue weighted by Gasteiger charge is -2.56. The minimum absolute atomic E-state index is 0.358. The van der Waals surface area contributed by atoms with Crippen molar-refractivity contribution in [2.24, 2.45) is 17.8 Å². The van der Waals surface area contributed by atoms with E-state index in [0.717, 1.165) is 35.2 Å². The summed E-state index contributed by atoms with van der Waals surface area (Å²) >= 11 is 0. The first-order valence-corrected chi connectivity index (χ1v) is 9.02. The van der Waals surface area contributed by atoms with E-state index >= 15 is 0 Å². The highest BCUT2D eigenvalue weighted by Gasteiger charge is 2.53. The van der Waals surface area contributed by atoms with Gasteiger partial charge in [-0.25, -0.2) is 9.97 Å². The third-order valence-electron chi connectivity index (χ3n) is 6.52. The Kier molecular flexibility index (Phi) is 2.69. The first-order valence-electron chi connectivity index (χ1n) is 9.02. The zero-order chi connectivity index (χ0) is 14.7. The van der Waals surface area contributed by atoms with Gasteiger partial charge in [-0.3, -0.25) is 0 Å². The number of aryl methyl sites for hydroxylation is 1. The summed E-state index contributed by atoms with van der Waals surface area (Å²) in [6.45, 7) is 2.24. The fraction of sp³-hybridized carbons (Fsp3) is 0.600. The minimum atomic E-state index is 0.358. The molecule has 0 amide bonds. The lowest BCUT2D eigenvalue weighted by molar-refractivity contribution is -0.00765. The Morgan fingerprint density at radius 2 is 1.45 bits per heavy atom. The molecule has 22 heavy (non-hydrogen) atoms. The van der Waals surface area contributed by atoms with Crippen LogP contribution in [-0.4, -0.2) is 9.97 Å². The second kappa shape index (κ2) is 4.53. The van der Waals surface area contributed by atoms with E-state index in [1.54, 1.807) is 0 Å². The van der Waals surface area contributed by atoms with Crippen LogP contribution >= 0.6 is 0 Å². The molecule has 2 heteroatoms. The maximum absolute atomic E-state index is 5.17. The van der Waals surface area contributed by atoms with E-state index in [0.29, 0.717) is 5.41 Å². The SMILES string of the molecule is CCc1nc2ccccc2nc1C12CC3CC(CC(C3)C1)C2. The number of benzene rings is 1.